The van der Waals surface area contributed by atoms with E-state index >= 15 is 0 Å². The standard InChI is InChI=1S/C38H56O4/c1-33(2)22-27-26-14-15-28-35(4)18-17-30(42-24-25-12-10-9-11-13-25)38(7,32(39)40)29(35)16-19-37(28,6)36(26,5)21-20-34(27,3)31(23-33)41-8/h9-14,27-31H,15-24H2,1-8H3,(H,39,40)/t27-,28+,29+,30-,31+,34+,35+,36+,37+,38+/m0/s1. The van der Waals surface area contributed by atoms with Crippen molar-refractivity contribution in [1.29, 1.82) is 0 Å². The Balaban J connectivity index is 1.34. The summed E-state index contributed by atoms with van der Waals surface area (Å²) in [6.45, 7) is 17.6. The molecule has 4 fully saturated rings. The zero-order chi connectivity index (χ0) is 30.3. The topological polar surface area (TPSA) is 55.8 Å². The second kappa shape index (κ2) is 9.93. The van der Waals surface area contributed by atoms with Crippen molar-refractivity contribution in [2.24, 2.45) is 50.2 Å². The van der Waals surface area contributed by atoms with Crippen LogP contribution < -0.4 is 0 Å². The van der Waals surface area contributed by atoms with E-state index in [0.29, 0.717) is 24.5 Å². The Hall–Kier alpha value is -1.65. The second-order valence-electron chi connectivity index (χ2n) is 17.1. The number of carboxylic acid groups (broad SMARTS) is 1. The lowest BCUT2D eigenvalue weighted by molar-refractivity contribution is -0.227. The number of benzene rings is 1. The zero-order valence-electron chi connectivity index (χ0n) is 27.6. The van der Waals surface area contributed by atoms with Crippen molar-refractivity contribution in [3.63, 3.8) is 0 Å². The van der Waals surface area contributed by atoms with Crippen molar-refractivity contribution >= 4 is 5.97 Å². The molecular weight excluding hydrogens is 520 g/mol. The van der Waals surface area contributed by atoms with Crippen LogP contribution in [0.1, 0.15) is 112 Å². The summed E-state index contributed by atoms with van der Waals surface area (Å²) in [7, 11) is 1.93. The van der Waals surface area contributed by atoms with Gasteiger partial charge in [-0.3, -0.25) is 4.79 Å². The minimum absolute atomic E-state index is 0.0283. The average Bonchev–Trinajstić information content (AvgIpc) is 2.94. The average molecular weight is 577 g/mol. The van der Waals surface area contributed by atoms with E-state index in [4.69, 9.17) is 9.47 Å². The Morgan fingerprint density at radius 1 is 0.857 bits per heavy atom. The van der Waals surface area contributed by atoms with Gasteiger partial charge >= 0.3 is 5.97 Å². The van der Waals surface area contributed by atoms with Gasteiger partial charge in [0.25, 0.3) is 0 Å². The van der Waals surface area contributed by atoms with E-state index in [0.717, 1.165) is 44.1 Å². The molecule has 4 heteroatoms. The predicted octanol–water partition coefficient (Wildman–Crippen LogP) is 9.08. The first kappa shape index (κ1) is 30.4. The van der Waals surface area contributed by atoms with Crippen LogP contribution in [0.5, 0.6) is 0 Å². The van der Waals surface area contributed by atoms with Gasteiger partial charge in [-0.15, -0.1) is 0 Å². The summed E-state index contributed by atoms with van der Waals surface area (Å²) in [5.41, 5.74) is 2.66. The van der Waals surface area contributed by atoms with Crippen molar-refractivity contribution in [1.82, 2.24) is 0 Å². The van der Waals surface area contributed by atoms with Gasteiger partial charge in [-0.2, -0.15) is 0 Å². The summed E-state index contributed by atoms with van der Waals surface area (Å²) < 4.78 is 12.8. The fourth-order valence-corrected chi connectivity index (χ4v) is 12.0. The summed E-state index contributed by atoms with van der Waals surface area (Å²) in [6.07, 6.45) is 12.5. The first-order chi connectivity index (χ1) is 19.7. The highest BCUT2D eigenvalue weighted by atomic mass is 16.5. The minimum Gasteiger partial charge on any atom is -0.481 e. The SMILES string of the molecule is CO[C@@H]1CC(C)(C)C[C@H]2C3=CC[C@@H]4[C@@]5(C)CC[C@H](OCc6ccccc6)[C@](C)(C(=O)O)[C@@H]5CC[C@@]4(C)[C@]3(C)CC[C@@]12C. The summed E-state index contributed by atoms with van der Waals surface area (Å²) in [5, 5.41) is 10.9. The molecule has 0 unspecified atom stereocenters. The number of aliphatic carboxylic acids is 1. The molecule has 1 N–H and O–H groups in total. The van der Waals surface area contributed by atoms with Gasteiger partial charge in [0, 0.05) is 12.5 Å². The number of rotatable bonds is 5. The van der Waals surface area contributed by atoms with Crippen LogP contribution >= 0.6 is 0 Å². The van der Waals surface area contributed by atoms with Crippen LogP contribution in [0.25, 0.3) is 0 Å². The van der Waals surface area contributed by atoms with Crippen molar-refractivity contribution in [3.05, 3.63) is 47.5 Å². The molecule has 42 heavy (non-hydrogen) atoms. The zero-order valence-corrected chi connectivity index (χ0v) is 27.6. The van der Waals surface area contributed by atoms with Gasteiger partial charge < -0.3 is 14.6 Å². The number of ether oxygens (including phenoxy) is 2. The quantitative estimate of drug-likeness (QED) is 0.355. The molecule has 0 saturated heterocycles. The maximum Gasteiger partial charge on any atom is 0.312 e. The number of fused-ring (bicyclic) bond motifs is 7. The highest BCUT2D eigenvalue weighted by molar-refractivity contribution is 5.76. The van der Waals surface area contributed by atoms with Crippen molar-refractivity contribution < 1.29 is 19.4 Å². The highest BCUT2D eigenvalue weighted by Crippen LogP contribution is 2.76. The lowest BCUT2D eigenvalue weighted by atomic mass is 9.33. The maximum absolute atomic E-state index is 13.2. The van der Waals surface area contributed by atoms with Gasteiger partial charge in [-0.1, -0.05) is 83.5 Å². The molecule has 4 nitrogen and oxygen atoms in total. The molecule has 1 aromatic rings. The van der Waals surface area contributed by atoms with Crippen molar-refractivity contribution in [2.45, 2.75) is 125 Å². The van der Waals surface area contributed by atoms with Crippen LogP contribution in [-0.2, 0) is 20.9 Å². The summed E-state index contributed by atoms with van der Waals surface area (Å²) in [6, 6.07) is 10.2. The molecule has 232 valence electrons. The molecule has 0 bridgehead atoms. The number of hydrogen-bond acceptors (Lipinski definition) is 3. The molecule has 5 aliphatic rings. The van der Waals surface area contributed by atoms with E-state index in [1.807, 2.05) is 32.2 Å². The molecule has 10 atom stereocenters. The minimum atomic E-state index is -0.891. The molecule has 1 aromatic carbocycles. The Kier molecular flexibility index (Phi) is 7.18. The molecular formula is C38H56O4. The summed E-state index contributed by atoms with van der Waals surface area (Å²) >= 11 is 0. The van der Waals surface area contributed by atoms with Crippen LogP contribution in [0.3, 0.4) is 0 Å². The van der Waals surface area contributed by atoms with Gasteiger partial charge in [0.1, 0.15) is 0 Å². The highest BCUT2D eigenvalue weighted by Gasteiger charge is 2.70. The largest absolute Gasteiger partial charge is 0.481 e. The third-order valence-corrected chi connectivity index (χ3v) is 14.7. The molecule has 0 radical (unpaired) electrons. The fourth-order valence-electron chi connectivity index (χ4n) is 12.0. The molecule has 0 spiro atoms. The number of carbonyl (C=O) groups is 1. The third-order valence-electron chi connectivity index (χ3n) is 14.7. The van der Waals surface area contributed by atoms with Crippen LogP contribution in [0, 0.1) is 50.2 Å². The number of allylic oxidation sites excluding steroid dienone is 2. The monoisotopic (exact) mass is 576 g/mol. The Morgan fingerprint density at radius 2 is 1.57 bits per heavy atom. The van der Waals surface area contributed by atoms with E-state index in [1.54, 1.807) is 5.57 Å². The number of hydrogen-bond donors (Lipinski definition) is 1. The maximum atomic E-state index is 13.2. The van der Waals surface area contributed by atoms with E-state index < -0.39 is 11.4 Å². The van der Waals surface area contributed by atoms with Crippen molar-refractivity contribution in [3.8, 4) is 0 Å². The predicted molar refractivity (Wildman–Crippen MR) is 168 cm³/mol. The van der Waals surface area contributed by atoms with E-state index in [-0.39, 0.29) is 39.1 Å². The van der Waals surface area contributed by atoms with Crippen LogP contribution in [0.15, 0.2) is 42.0 Å². The first-order valence-corrected chi connectivity index (χ1v) is 16.8. The van der Waals surface area contributed by atoms with Gasteiger partial charge in [-0.05, 0) is 110 Å². The Morgan fingerprint density at radius 3 is 2.24 bits per heavy atom. The van der Waals surface area contributed by atoms with Gasteiger partial charge in [0.05, 0.1) is 24.2 Å². The molecule has 0 heterocycles. The smallest absolute Gasteiger partial charge is 0.312 e. The summed E-state index contributed by atoms with van der Waals surface area (Å²) in [5.74, 6) is 0.459. The number of methoxy groups -OCH3 is 1. The Labute approximate surface area is 255 Å². The van der Waals surface area contributed by atoms with Crippen LogP contribution in [-0.4, -0.2) is 30.4 Å². The van der Waals surface area contributed by atoms with Crippen molar-refractivity contribution in [2.75, 3.05) is 7.11 Å². The van der Waals surface area contributed by atoms with Crippen LogP contribution in [0.2, 0.25) is 0 Å². The molecule has 0 aromatic heterocycles. The first-order valence-electron chi connectivity index (χ1n) is 16.8. The number of carboxylic acids is 1. The molecule has 5 aliphatic carbocycles. The second-order valence-corrected chi connectivity index (χ2v) is 17.1. The van der Waals surface area contributed by atoms with E-state index in [1.165, 1.54) is 19.3 Å². The normalized spacial score (nSPS) is 47.7. The van der Waals surface area contributed by atoms with Gasteiger partial charge in [0.15, 0.2) is 0 Å². The molecule has 0 aliphatic heterocycles. The van der Waals surface area contributed by atoms with Gasteiger partial charge in [-0.25, -0.2) is 0 Å². The van der Waals surface area contributed by atoms with Crippen LogP contribution in [0.4, 0.5) is 0 Å². The summed E-state index contributed by atoms with van der Waals surface area (Å²) in [4.78, 5) is 13.2. The third kappa shape index (κ3) is 4.09. The molecule has 0 amide bonds. The lowest BCUT2D eigenvalue weighted by Crippen LogP contribution is -2.66. The molecule has 6 rings (SSSR count). The lowest BCUT2D eigenvalue weighted by Gasteiger charge is -2.71. The van der Waals surface area contributed by atoms with Gasteiger partial charge in [0.2, 0.25) is 0 Å². The fraction of sp³-hybridized carbons (Fsp3) is 0.763. The van der Waals surface area contributed by atoms with E-state index in [9.17, 15) is 9.90 Å². The van der Waals surface area contributed by atoms with E-state index in [2.05, 4.69) is 59.8 Å². The Bertz CT molecular complexity index is 1240. The molecule has 4 saturated carbocycles.